The minimum absolute atomic E-state index is 0.0839. The number of carbonyl (C=O) groups excluding carboxylic acids is 2. The molecule has 1 saturated heterocycles. The van der Waals surface area contributed by atoms with Gasteiger partial charge in [0.1, 0.15) is 0 Å². The van der Waals surface area contributed by atoms with Crippen LogP contribution in [0.5, 0.6) is 0 Å². The van der Waals surface area contributed by atoms with Gasteiger partial charge < -0.3 is 9.80 Å². The van der Waals surface area contributed by atoms with E-state index >= 15 is 0 Å². The molecule has 2 aromatic carbocycles. The van der Waals surface area contributed by atoms with Gasteiger partial charge >= 0.3 is 0 Å². The van der Waals surface area contributed by atoms with E-state index in [1.54, 1.807) is 11.8 Å². The highest BCUT2D eigenvalue weighted by Gasteiger charge is 2.30. The molecule has 0 spiro atoms. The van der Waals surface area contributed by atoms with Crippen molar-refractivity contribution in [1.82, 2.24) is 9.80 Å². The van der Waals surface area contributed by atoms with Crippen molar-refractivity contribution in [3.05, 3.63) is 65.7 Å². The highest BCUT2D eigenvalue weighted by molar-refractivity contribution is 7.99. The Morgan fingerprint density at radius 1 is 1.00 bits per heavy atom. The number of carbonyl (C=O) groups is 2. The van der Waals surface area contributed by atoms with E-state index in [0.717, 1.165) is 36.9 Å². The zero-order valence-corrected chi connectivity index (χ0v) is 19.0. The lowest BCUT2D eigenvalue weighted by molar-refractivity contribution is 0.0519. The molecule has 0 aromatic heterocycles. The predicted molar refractivity (Wildman–Crippen MR) is 124 cm³/mol. The number of amides is 2. The molecule has 30 heavy (non-hydrogen) atoms. The maximum absolute atomic E-state index is 13.2. The molecule has 3 rings (SSSR count). The van der Waals surface area contributed by atoms with Crippen LogP contribution in [0.3, 0.4) is 0 Å². The molecule has 160 valence electrons. The summed E-state index contributed by atoms with van der Waals surface area (Å²) >= 11 is 1.80. The number of hydrogen-bond donors (Lipinski definition) is 0. The third kappa shape index (κ3) is 5.66. The highest BCUT2D eigenvalue weighted by atomic mass is 32.2. The van der Waals surface area contributed by atoms with Crippen LogP contribution in [0.4, 0.5) is 0 Å². The Kier molecular flexibility index (Phi) is 7.97. The Balaban J connectivity index is 1.64. The van der Waals surface area contributed by atoms with Gasteiger partial charge in [-0.25, -0.2) is 0 Å². The molecule has 0 N–H and O–H groups in total. The van der Waals surface area contributed by atoms with Gasteiger partial charge in [0.05, 0.1) is 0 Å². The van der Waals surface area contributed by atoms with Crippen LogP contribution in [-0.2, 0) is 0 Å². The van der Waals surface area contributed by atoms with Gasteiger partial charge in [-0.3, -0.25) is 9.59 Å². The van der Waals surface area contributed by atoms with Crippen molar-refractivity contribution in [2.24, 2.45) is 0 Å². The molecule has 1 aliphatic rings. The fourth-order valence-corrected chi connectivity index (χ4v) is 4.79. The smallest absolute Gasteiger partial charge is 0.254 e. The zero-order chi connectivity index (χ0) is 21.5. The van der Waals surface area contributed by atoms with Crippen molar-refractivity contribution < 1.29 is 9.59 Å². The van der Waals surface area contributed by atoms with E-state index in [9.17, 15) is 9.59 Å². The first kappa shape index (κ1) is 22.4. The van der Waals surface area contributed by atoms with Gasteiger partial charge in [-0.2, -0.15) is 0 Å². The number of rotatable bonds is 7. The molecule has 0 bridgehead atoms. The van der Waals surface area contributed by atoms with Crippen LogP contribution in [0.25, 0.3) is 0 Å². The fourth-order valence-electron chi connectivity index (χ4n) is 3.95. The second-order valence-electron chi connectivity index (χ2n) is 8.08. The van der Waals surface area contributed by atoms with Gasteiger partial charge in [0.15, 0.2) is 0 Å². The van der Waals surface area contributed by atoms with Crippen LogP contribution >= 0.6 is 11.8 Å². The van der Waals surface area contributed by atoms with Gasteiger partial charge in [-0.15, -0.1) is 11.8 Å². The number of nitrogens with zero attached hydrogens (tertiary/aromatic N) is 2. The molecule has 0 saturated carbocycles. The van der Waals surface area contributed by atoms with Crippen LogP contribution in [0, 0.1) is 0 Å². The molecule has 1 fully saturated rings. The van der Waals surface area contributed by atoms with Crippen molar-refractivity contribution in [3.8, 4) is 0 Å². The molecule has 0 radical (unpaired) electrons. The van der Waals surface area contributed by atoms with E-state index in [2.05, 4.69) is 20.8 Å². The van der Waals surface area contributed by atoms with Crippen molar-refractivity contribution in [1.29, 1.82) is 0 Å². The van der Waals surface area contributed by atoms with E-state index in [1.165, 1.54) is 4.90 Å². The first-order chi connectivity index (χ1) is 14.5. The summed E-state index contributed by atoms with van der Waals surface area (Å²) in [5, 5.41) is 0.520. The van der Waals surface area contributed by atoms with Crippen molar-refractivity contribution in [2.45, 2.75) is 56.2 Å². The summed E-state index contributed by atoms with van der Waals surface area (Å²) in [5.74, 6) is 0.187. The predicted octanol–water partition coefficient (Wildman–Crippen LogP) is 5.34. The van der Waals surface area contributed by atoms with E-state index in [-0.39, 0.29) is 17.9 Å². The second-order valence-corrected chi connectivity index (χ2v) is 9.73. The second kappa shape index (κ2) is 10.7. The average Bonchev–Trinajstić information content (AvgIpc) is 2.77. The Hall–Kier alpha value is -2.27. The maximum Gasteiger partial charge on any atom is 0.254 e. The minimum atomic E-state index is 0.0839. The lowest BCUT2D eigenvalue weighted by atomic mass is 10.0. The third-order valence-electron chi connectivity index (χ3n) is 5.41. The molecule has 0 aliphatic carbocycles. The summed E-state index contributed by atoms with van der Waals surface area (Å²) < 4.78 is 0. The minimum Gasteiger partial charge on any atom is -0.338 e. The molecular formula is C25H32N2O2S. The Morgan fingerprint density at radius 2 is 1.63 bits per heavy atom. The molecule has 1 heterocycles. The van der Waals surface area contributed by atoms with Crippen molar-refractivity contribution in [3.63, 3.8) is 0 Å². The molecule has 1 aliphatic heterocycles. The Bertz CT molecular complexity index is 828. The molecule has 0 atom stereocenters. The van der Waals surface area contributed by atoms with Crippen molar-refractivity contribution in [2.75, 3.05) is 19.6 Å². The van der Waals surface area contributed by atoms with Crippen LogP contribution in [-0.4, -0.2) is 52.5 Å². The molecule has 2 amide bonds. The quantitative estimate of drug-likeness (QED) is 0.563. The summed E-state index contributed by atoms with van der Waals surface area (Å²) in [6.07, 6.45) is 2.58. The van der Waals surface area contributed by atoms with E-state index < -0.39 is 0 Å². The molecule has 0 unspecified atom stereocenters. The number of likely N-dealkylation sites (tertiary alicyclic amines) is 1. The number of benzene rings is 2. The summed E-state index contributed by atoms with van der Waals surface area (Å²) in [4.78, 5) is 31.1. The summed E-state index contributed by atoms with van der Waals surface area (Å²) in [6, 6.07) is 17.6. The molecule has 5 heteroatoms. The summed E-state index contributed by atoms with van der Waals surface area (Å²) in [7, 11) is 0. The lowest BCUT2D eigenvalue weighted by Gasteiger charge is -2.38. The first-order valence-electron chi connectivity index (χ1n) is 10.9. The van der Waals surface area contributed by atoms with Crippen LogP contribution < -0.4 is 0 Å². The third-order valence-corrected chi connectivity index (χ3v) is 6.43. The Labute approximate surface area is 184 Å². The van der Waals surface area contributed by atoms with Gasteiger partial charge in [-0.05, 0) is 55.7 Å². The van der Waals surface area contributed by atoms with Crippen LogP contribution in [0.1, 0.15) is 60.7 Å². The topological polar surface area (TPSA) is 40.6 Å². The Morgan fingerprint density at radius 3 is 2.20 bits per heavy atom. The highest BCUT2D eigenvalue weighted by Crippen LogP contribution is 2.25. The van der Waals surface area contributed by atoms with Crippen LogP contribution in [0.2, 0.25) is 0 Å². The van der Waals surface area contributed by atoms with Gasteiger partial charge in [0.25, 0.3) is 11.8 Å². The first-order valence-corrected chi connectivity index (χ1v) is 11.8. The average molecular weight is 425 g/mol. The van der Waals surface area contributed by atoms with Crippen LogP contribution in [0.15, 0.2) is 59.5 Å². The molecule has 4 nitrogen and oxygen atoms in total. The number of piperidine rings is 1. The SMILES string of the molecule is CCCN(C(=O)c1ccc(SC(C)C)cc1)C1CCN(C(=O)c2ccccc2)CC1. The van der Waals surface area contributed by atoms with Gasteiger partial charge in [0.2, 0.25) is 0 Å². The van der Waals surface area contributed by atoms with E-state index in [1.807, 2.05) is 64.4 Å². The van der Waals surface area contributed by atoms with E-state index in [0.29, 0.717) is 18.3 Å². The maximum atomic E-state index is 13.2. The number of thioether (sulfide) groups is 1. The van der Waals surface area contributed by atoms with E-state index in [4.69, 9.17) is 0 Å². The van der Waals surface area contributed by atoms with Gasteiger partial charge in [-0.1, -0.05) is 39.0 Å². The van der Waals surface area contributed by atoms with Gasteiger partial charge in [0, 0.05) is 46.9 Å². The fraction of sp³-hybridized carbons (Fsp3) is 0.440. The molecular weight excluding hydrogens is 392 g/mol. The largest absolute Gasteiger partial charge is 0.338 e. The zero-order valence-electron chi connectivity index (χ0n) is 18.2. The lowest BCUT2D eigenvalue weighted by Crippen LogP contribution is -2.49. The standard InChI is InChI=1S/C25H32N2O2S/c1-4-16-27(25(29)21-10-12-23(13-11-21)30-19(2)3)22-14-17-26(18-15-22)24(28)20-8-6-5-7-9-20/h5-13,19,22H,4,14-18H2,1-3H3. The van der Waals surface area contributed by atoms with Crippen molar-refractivity contribution >= 4 is 23.6 Å². The summed E-state index contributed by atoms with van der Waals surface area (Å²) in [5.41, 5.74) is 1.48. The molecule has 2 aromatic rings. The normalized spacial score (nSPS) is 14.7. The monoisotopic (exact) mass is 424 g/mol. The summed E-state index contributed by atoms with van der Waals surface area (Å²) in [6.45, 7) is 8.57. The number of hydrogen-bond acceptors (Lipinski definition) is 3.